The number of halogens is 4. The number of nitrogens with one attached hydrogen (secondary N) is 1. The molecule has 192 valence electrons. The second-order valence-corrected chi connectivity index (χ2v) is 9.66. The Kier molecular flexibility index (Phi) is 9.74. The molecule has 0 spiro atoms. The highest BCUT2D eigenvalue weighted by molar-refractivity contribution is 7.89. The molecular weight excluding hydrogens is 494 g/mol. The van der Waals surface area contributed by atoms with Gasteiger partial charge in [0.25, 0.3) is 0 Å². The SMILES string of the molecule is NC(CC(=O)N1CC(CNS(=O)(=O)c2ccccc2)C1)Cc1ccccc1F.O=C(O)C(F)(F)F. The van der Waals surface area contributed by atoms with Gasteiger partial charge in [-0.05, 0) is 30.2 Å². The standard InChI is InChI=1S/C20H24FN3O3S.C2HF3O2/c21-19-9-5-4-6-16(19)10-17(22)11-20(25)24-13-15(14-24)12-23-28(26,27)18-7-2-1-3-8-18;3-2(4,5)1(6)7/h1-9,15,17,23H,10-14,22H2;(H,6,7). The lowest BCUT2D eigenvalue weighted by atomic mass is 9.98. The highest BCUT2D eigenvalue weighted by Crippen LogP contribution is 2.18. The van der Waals surface area contributed by atoms with Crippen molar-refractivity contribution in [1.29, 1.82) is 0 Å². The summed E-state index contributed by atoms with van der Waals surface area (Å²) in [6, 6.07) is 14.1. The first kappa shape index (κ1) is 28.2. The Bertz CT molecular complexity index is 1110. The van der Waals surface area contributed by atoms with Crippen molar-refractivity contribution in [2.75, 3.05) is 19.6 Å². The van der Waals surface area contributed by atoms with E-state index in [1.54, 1.807) is 41.3 Å². The van der Waals surface area contributed by atoms with E-state index in [1.807, 2.05) is 0 Å². The van der Waals surface area contributed by atoms with Crippen LogP contribution in [0.15, 0.2) is 59.5 Å². The molecule has 1 atom stereocenters. The van der Waals surface area contributed by atoms with E-state index < -0.39 is 28.2 Å². The molecule has 1 aliphatic rings. The van der Waals surface area contributed by atoms with Gasteiger partial charge in [-0.15, -0.1) is 0 Å². The minimum atomic E-state index is -5.08. The zero-order valence-electron chi connectivity index (χ0n) is 18.4. The van der Waals surface area contributed by atoms with Gasteiger partial charge in [0.15, 0.2) is 0 Å². The Morgan fingerprint density at radius 2 is 1.63 bits per heavy atom. The topological polar surface area (TPSA) is 130 Å². The van der Waals surface area contributed by atoms with Gasteiger partial charge in [0.05, 0.1) is 4.90 Å². The molecule has 1 unspecified atom stereocenters. The fourth-order valence-electron chi connectivity index (χ4n) is 3.19. The fourth-order valence-corrected chi connectivity index (χ4v) is 4.32. The summed E-state index contributed by atoms with van der Waals surface area (Å²) in [6.07, 6.45) is -4.65. The van der Waals surface area contributed by atoms with Gasteiger partial charge >= 0.3 is 12.1 Å². The molecule has 1 amide bonds. The number of alkyl halides is 3. The minimum absolute atomic E-state index is 0.0743. The maximum atomic E-state index is 13.7. The summed E-state index contributed by atoms with van der Waals surface area (Å²) in [4.78, 5) is 23.1. The summed E-state index contributed by atoms with van der Waals surface area (Å²) < 4.78 is 72.4. The van der Waals surface area contributed by atoms with E-state index in [9.17, 15) is 30.8 Å². The number of carboxylic acid groups (broad SMARTS) is 1. The van der Waals surface area contributed by atoms with Crippen LogP contribution in [0.4, 0.5) is 17.6 Å². The second-order valence-electron chi connectivity index (χ2n) is 7.89. The molecule has 2 aromatic rings. The van der Waals surface area contributed by atoms with E-state index in [0.717, 1.165) is 0 Å². The molecule has 35 heavy (non-hydrogen) atoms. The third-order valence-corrected chi connectivity index (χ3v) is 6.48. The summed E-state index contributed by atoms with van der Waals surface area (Å²) in [7, 11) is -3.54. The number of amides is 1. The second kappa shape index (κ2) is 12.1. The van der Waals surface area contributed by atoms with Crippen molar-refractivity contribution in [2.24, 2.45) is 11.7 Å². The average molecular weight is 520 g/mol. The van der Waals surface area contributed by atoms with Crippen LogP contribution in [0.5, 0.6) is 0 Å². The molecule has 0 aromatic heterocycles. The Hall–Kier alpha value is -3.03. The van der Waals surface area contributed by atoms with Crippen molar-refractivity contribution in [1.82, 2.24) is 9.62 Å². The number of likely N-dealkylation sites (tertiary alicyclic amines) is 1. The maximum Gasteiger partial charge on any atom is 0.490 e. The van der Waals surface area contributed by atoms with Crippen molar-refractivity contribution in [2.45, 2.75) is 30.0 Å². The lowest BCUT2D eigenvalue weighted by Crippen LogP contribution is -2.54. The molecule has 1 aliphatic heterocycles. The third-order valence-electron chi connectivity index (χ3n) is 5.04. The molecule has 1 saturated heterocycles. The van der Waals surface area contributed by atoms with Crippen molar-refractivity contribution in [3.63, 3.8) is 0 Å². The lowest BCUT2D eigenvalue weighted by Gasteiger charge is -2.39. The molecule has 2 aromatic carbocycles. The van der Waals surface area contributed by atoms with Gasteiger partial charge < -0.3 is 15.7 Å². The molecule has 0 radical (unpaired) electrons. The number of nitrogens with two attached hydrogens (primary N) is 1. The van der Waals surface area contributed by atoms with Gasteiger partial charge in [-0.1, -0.05) is 36.4 Å². The molecular formula is C22H25F4N3O5S. The van der Waals surface area contributed by atoms with E-state index >= 15 is 0 Å². The number of carboxylic acids is 1. The smallest absolute Gasteiger partial charge is 0.475 e. The predicted molar refractivity (Wildman–Crippen MR) is 118 cm³/mol. The van der Waals surface area contributed by atoms with Crippen molar-refractivity contribution in [3.05, 3.63) is 66.0 Å². The normalized spacial score (nSPS) is 14.9. The number of benzene rings is 2. The van der Waals surface area contributed by atoms with Gasteiger partial charge in [0, 0.05) is 38.0 Å². The van der Waals surface area contributed by atoms with Gasteiger partial charge in [-0.25, -0.2) is 22.3 Å². The van der Waals surface area contributed by atoms with E-state index in [0.29, 0.717) is 25.1 Å². The van der Waals surface area contributed by atoms with Crippen LogP contribution in [0.2, 0.25) is 0 Å². The van der Waals surface area contributed by atoms with Gasteiger partial charge in [0.2, 0.25) is 15.9 Å². The van der Waals surface area contributed by atoms with Gasteiger partial charge in [0.1, 0.15) is 5.82 Å². The van der Waals surface area contributed by atoms with Gasteiger partial charge in [-0.2, -0.15) is 13.2 Å². The number of hydrogen-bond donors (Lipinski definition) is 3. The van der Waals surface area contributed by atoms with Crippen LogP contribution in [0, 0.1) is 11.7 Å². The summed E-state index contributed by atoms with van der Waals surface area (Å²) in [5.41, 5.74) is 6.50. The van der Waals surface area contributed by atoms with Crippen LogP contribution in [0.25, 0.3) is 0 Å². The molecule has 0 saturated carbocycles. The van der Waals surface area contributed by atoms with Crippen LogP contribution in [-0.2, 0) is 26.0 Å². The zero-order valence-corrected chi connectivity index (χ0v) is 19.2. The molecule has 8 nitrogen and oxygen atoms in total. The Morgan fingerprint density at radius 1 is 1.09 bits per heavy atom. The largest absolute Gasteiger partial charge is 0.490 e. The Labute approximate surface area is 199 Å². The molecule has 1 heterocycles. The highest BCUT2D eigenvalue weighted by Gasteiger charge is 2.38. The minimum Gasteiger partial charge on any atom is -0.475 e. The third kappa shape index (κ3) is 8.92. The number of rotatable bonds is 8. The molecule has 1 fully saturated rings. The van der Waals surface area contributed by atoms with Crippen LogP contribution in [-0.4, -0.2) is 62.2 Å². The molecule has 3 rings (SSSR count). The van der Waals surface area contributed by atoms with E-state index in [1.165, 1.54) is 18.2 Å². The maximum absolute atomic E-state index is 13.7. The predicted octanol–water partition coefficient (Wildman–Crippen LogP) is 2.16. The molecule has 0 bridgehead atoms. The Balaban J connectivity index is 0.000000540. The first-order chi connectivity index (χ1) is 16.3. The van der Waals surface area contributed by atoms with E-state index in [4.69, 9.17) is 15.6 Å². The summed E-state index contributed by atoms with van der Waals surface area (Å²) in [6.45, 7) is 1.26. The Morgan fingerprint density at radius 3 is 2.17 bits per heavy atom. The van der Waals surface area contributed by atoms with Crippen LogP contribution in [0.1, 0.15) is 12.0 Å². The first-order valence-electron chi connectivity index (χ1n) is 10.4. The van der Waals surface area contributed by atoms with Crippen molar-refractivity contribution >= 4 is 21.9 Å². The zero-order chi connectivity index (χ0) is 26.2. The average Bonchev–Trinajstić information content (AvgIpc) is 2.74. The first-order valence-corrected chi connectivity index (χ1v) is 11.9. The number of sulfonamides is 1. The quantitative estimate of drug-likeness (QED) is 0.459. The number of hydrogen-bond acceptors (Lipinski definition) is 5. The number of carbonyl (C=O) groups excluding carboxylic acids is 1. The number of nitrogens with zero attached hydrogens (tertiary/aromatic N) is 1. The number of carbonyl (C=O) groups is 2. The molecule has 0 aliphatic carbocycles. The fraction of sp³-hybridized carbons (Fsp3) is 0.364. The van der Waals surface area contributed by atoms with Crippen LogP contribution >= 0.6 is 0 Å². The lowest BCUT2D eigenvalue weighted by molar-refractivity contribution is -0.192. The van der Waals surface area contributed by atoms with Crippen LogP contribution < -0.4 is 10.5 Å². The monoisotopic (exact) mass is 519 g/mol. The number of aliphatic carboxylic acids is 1. The summed E-state index contributed by atoms with van der Waals surface area (Å²) in [5, 5.41) is 7.12. The van der Waals surface area contributed by atoms with Gasteiger partial charge in [-0.3, -0.25) is 4.79 Å². The van der Waals surface area contributed by atoms with E-state index in [-0.39, 0.29) is 35.5 Å². The van der Waals surface area contributed by atoms with Crippen molar-refractivity contribution < 1.29 is 40.7 Å². The van der Waals surface area contributed by atoms with Crippen molar-refractivity contribution in [3.8, 4) is 0 Å². The summed E-state index contributed by atoms with van der Waals surface area (Å²) >= 11 is 0. The molecule has 4 N–H and O–H groups in total. The van der Waals surface area contributed by atoms with E-state index in [2.05, 4.69) is 4.72 Å². The van der Waals surface area contributed by atoms with Crippen LogP contribution in [0.3, 0.4) is 0 Å². The molecule has 13 heteroatoms. The highest BCUT2D eigenvalue weighted by atomic mass is 32.2. The summed E-state index contributed by atoms with van der Waals surface area (Å²) in [5.74, 6) is -3.09.